The molecule has 1 amide bonds. The van der Waals surface area contributed by atoms with E-state index in [2.05, 4.69) is 20.2 Å². The Balaban J connectivity index is 1.55. The van der Waals surface area contributed by atoms with Crippen LogP contribution >= 0.6 is 11.6 Å². The Labute approximate surface area is 182 Å². The van der Waals surface area contributed by atoms with E-state index in [1.165, 1.54) is 48.5 Å². The van der Waals surface area contributed by atoms with E-state index >= 15 is 0 Å². The Morgan fingerprint density at radius 1 is 0.968 bits per heavy atom. The van der Waals surface area contributed by atoms with Crippen molar-refractivity contribution in [3.8, 4) is 0 Å². The third-order valence-corrected chi connectivity index (χ3v) is 5.37. The number of anilines is 3. The van der Waals surface area contributed by atoms with E-state index in [4.69, 9.17) is 22.1 Å². The van der Waals surface area contributed by atoms with Crippen LogP contribution in [-0.4, -0.2) is 37.1 Å². The van der Waals surface area contributed by atoms with Gasteiger partial charge in [-0.15, -0.1) is 10.2 Å². The molecule has 0 aliphatic heterocycles. The summed E-state index contributed by atoms with van der Waals surface area (Å²) in [4.78, 5) is 23.8. The van der Waals surface area contributed by atoms with E-state index in [0.29, 0.717) is 11.4 Å². The molecule has 31 heavy (non-hydrogen) atoms. The fourth-order valence-electron chi connectivity index (χ4n) is 2.32. The summed E-state index contributed by atoms with van der Waals surface area (Å²) in [5.74, 6) is -1.26. The van der Waals surface area contributed by atoms with Crippen LogP contribution in [0.1, 0.15) is 10.4 Å². The number of nitrogens with zero attached hydrogens (tertiary/aromatic N) is 2. The van der Waals surface area contributed by atoms with Gasteiger partial charge < -0.3 is 15.8 Å². The molecule has 0 fully saturated rings. The van der Waals surface area contributed by atoms with Crippen molar-refractivity contribution in [2.24, 2.45) is 0 Å². The first kappa shape index (κ1) is 22.0. The van der Waals surface area contributed by atoms with Gasteiger partial charge in [0.05, 0.1) is 10.5 Å². The van der Waals surface area contributed by atoms with Gasteiger partial charge in [0.2, 0.25) is 0 Å². The number of halogens is 1. The van der Waals surface area contributed by atoms with E-state index in [-0.39, 0.29) is 21.4 Å². The molecule has 0 saturated carbocycles. The lowest BCUT2D eigenvalue weighted by Gasteiger charge is -2.09. The number of aromatic nitrogens is 2. The van der Waals surface area contributed by atoms with Crippen LogP contribution < -0.4 is 15.8 Å². The highest BCUT2D eigenvalue weighted by Gasteiger charge is 2.16. The summed E-state index contributed by atoms with van der Waals surface area (Å²) in [6.45, 7) is -0.514. The van der Waals surface area contributed by atoms with Crippen LogP contribution in [0, 0.1) is 0 Å². The van der Waals surface area contributed by atoms with Crippen molar-refractivity contribution in [3.63, 3.8) is 0 Å². The Bertz CT molecular complexity index is 1180. The van der Waals surface area contributed by atoms with E-state index in [1.807, 2.05) is 0 Å². The molecule has 1 aromatic heterocycles. The highest BCUT2D eigenvalue weighted by atomic mass is 35.5. The summed E-state index contributed by atoms with van der Waals surface area (Å²) in [6, 6.07) is 14.2. The largest absolute Gasteiger partial charge is 0.452 e. The van der Waals surface area contributed by atoms with Gasteiger partial charge in [-0.1, -0.05) is 11.6 Å². The van der Waals surface area contributed by atoms with Crippen molar-refractivity contribution in [3.05, 3.63) is 71.4 Å². The first-order chi connectivity index (χ1) is 14.7. The van der Waals surface area contributed by atoms with Crippen molar-refractivity contribution >= 4 is 50.7 Å². The zero-order valence-corrected chi connectivity index (χ0v) is 17.4. The van der Waals surface area contributed by atoms with Crippen LogP contribution in [0.25, 0.3) is 0 Å². The highest BCUT2D eigenvalue weighted by Crippen LogP contribution is 2.17. The van der Waals surface area contributed by atoms with Crippen molar-refractivity contribution < 1.29 is 22.7 Å². The molecule has 12 heteroatoms. The molecular formula is C19H16ClN5O5S. The number of hydrogen-bond donors (Lipinski definition) is 3. The molecule has 3 aromatic rings. The van der Waals surface area contributed by atoms with Crippen LogP contribution in [0.5, 0.6) is 0 Å². The number of carbonyl (C=O) groups is 2. The molecule has 160 valence electrons. The number of nitrogens with two attached hydrogens (primary N) is 1. The average Bonchev–Trinajstić information content (AvgIpc) is 2.74. The molecule has 10 nitrogen and oxygen atoms in total. The second-order valence-corrected chi connectivity index (χ2v) is 8.19. The predicted molar refractivity (Wildman–Crippen MR) is 114 cm³/mol. The average molecular weight is 462 g/mol. The van der Waals surface area contributed by atoms with Crippen LogP contribution in [0.2, 0.25) is 5.15 Å². The topological polar surface area (TPSA) is 153 Å². The second kappa shape index (κ2) is 9.41. The number of sulfonamides is 1. The maximum Gasteiger partial charge on any atom is 0.338 e. The number of rotatable bonds is 7. The van der Waals surface area contributed by atoms with Crippen LogP contribution in [-0.2, 0) is 19.6 Å². The zero-order valence-electron chi connectivity index (χ0n) is 15.8. The third-order valence-electron chi connectivity index (χ3n) is 3.80. The first-order valence-corrected chi connectivity index (χ1v) is 10.5. The normalized spacial score (nSPS) is 10.9. The Kier molecular flexibility index (Phi) is 6.68. The van der Waals surface area contributed by atoms with Gasteiger partial charge in [0, 0.05) is 11.4 Å². The lowest BCUT2D eigenvalue weighted by molar-refractivity contribution is -0.119. The van der Waals surface area contributed by atoms with Crippen molar-refractivity contribution in [2.75, 3.05) is 22.4 Å². The van der Waals surface area contributed by atoms with E-state index in [9.17, 15) is 18.0 Å². The molecule has 0 atom stereocenters. The fourth-order valence-corrected chi connectivity index (χ4v) is 3.41. The quantitative estimate of drug-likeness (QED) is 0.357. The SMILES string of the molecule is Nc1ccc(C(=O)OCC(=O)Nc2ccc(S(=O)(=O)Nc3ccc(Cl)nn3)cc2)cc1. The van der Waals surface area contributed by atoms with Gasteiger partial charge in [-0.25, -0.2) is 13.2 Å². The first-order valence-electron chi connectivity index (χ1n) is 8.67. The molecular weight excluding hydrogens is 446 g/mol. The van der Waals surface area contributed by atoms with Crippen molar-refractivity contribution in [1.82, 2.24) is 10.2 Å². The standard InChI is InChI=1S/C19H16ClN5O5S/c20-16-9-10-17(24-23-16)25-31(28,29)15-7-5-14(6-8-15)22-18(26)11-30-19(27)12-1-3-13(21)4-2-12/h1-10H,11,21H2,(H,22,26)(H,24,25). The van der Waals surface area contributed by atoms with Gasteiger partial charge in [-0.05, 0) is 60.7 Å². The lowest BCUT2D eigenvalue weighted by Crippen LogP contribution is -2.21. The molecule has 3 rings (SSSR count). The number of benzene rings is 2. The highest BCUT2D eigenvalue weighted by molar-refractivity contribution is 7.92. The summed E-state index contributed by atoms with van der Waals surface area (Å²) in [5.41, 5.74) is 6.62. The number of ether oxygens (including phenoxy) is 1. The summed E-state index contributed by atoms with van der Waals surface area (Å²) in [6.07, 6.45) is 0. The number of esters is 1. The molecule has 0 unspecified atom stereocenters. The summed E-state index contributed by atoms with van der Waals surface area (Å²) in [7, 11) is -3.91. The molecule has 0 spiro atoms. The van der Waals surface area contributed by atoms with E-state index in [1.54, 1.807) is 12.1 Å². The fraction of sp³-hybridized carbons (Fsp3) is 0.0526. The Morgan fingerprint density at radius 2 is 1.65 bits per heavy atom. The Hall–Kier alpha value is -3.70. The minimum Gasteiger partial charge on any atom is -0.452 e. The number of amides is 1. The summed E-state index contributed by atoms with van der Waals surface area (Å²) >= 11 is 5.62. The van der Waals surface area contributed by atoms with Crippen molar-refractivity contribution in [1.29, 1.82) is 0 Å². The maximum absolute atomic E-state index is 12.4. The molecule has 0 bridgehead atoms. The maximum atomic E-state index is 12.4. The minimum absolute atomic E-state index is 0.00435. The molecule has 0 radical (unpaired) electrons. The van der Waals surface area contributed by atoms with Gasteiger partial charge >= 0.3 is 5.97 Å². The lowest BCUT2D eigenvalue weighted by atomic mass is 10.2. The van der Waals surface area contributed by atoms with Gasteiger partial charge in [-0.2, -0.15) is 0 Å². The molecule has 0 aliphatic rings. The summed E-state index contributed by atoms with van der Waals surface area (Å²) < 4.78 is 32.0. The number of carbonyl (C=O) groups excluding carboxylic acids is 2. The van der Waals surface area contributed by atoms with Crippen LogP contribution in [0.4, 0.5) is 17.2 Å². The number of nitrogen functional groups attached to an aromatic ring is 1. The Morgan fingerprint density at radius 3 is 2.26 bits per heavy atom. The van der Waals surface area contributed by atoms with E-state index < -0.39 is 28.5 Å². The summed E-state index contributed by atoms with van der Waals surface area (Å²) in [5, 5.41) is 9.82. The molecule has 4 N–H and O–H groups in total. The number of hydrogen-bond acceptors (Lipinski definition) is 8. The second-order valence-electron chi connectivity index (χ2n) is 6.12. The van der Waals surface area contributed by atoms with Gasteiger partial charge in [0.15, 0.2) is 17.6 Å². The molecule has 0 aliphatic carbocycles. The molecule has 1 heterocycles. The van der Waals surface area contributed by atoms with Crippen molar-refractivity contribution in [2.45, 2.75) is 4.90 Å². The predicted octanol–water partition coefficient (Wildman–Crippen LogP) is 2.31. The molecule has 0 saturated heterocycles. The van der Waals surface area contributed by atoms with Gasteiger partial charge in [0.1, 0.15) is 0 Å². The zero-order chi connectivity index (χ0) is 22.4. The number of nitrogens with one attached hydrogen (secondary N) is 2. The molecule has 2 aromatic carbocycles. The third kappa shape index (κ3) is 6.14. The smallest absolute Gasteiger partial charge is 0.338 e. The van der Waals surface area contributed by atoms with Crippen LogP contribution in [0.3, 0.4) is 0 Å². The van der Waals surface area contributed by atoms with Gasteiger partial charge in [0.25, 0.3) is 15.9 Å². The van der Waals surface area contributed by atoms with Gasteiger partial charge in [-0.3, -0.25) is 9.52 Å². The monoisotopic (exact) mass is 461 g/mol. The van der Waals surface area contributed by atoms with E-state index in [0.717, 1.165) is 0 Å². The van der Waals surface area contributed by atoms with Crippen LogP contribution in [0.15, 0.2) is 65.6 Å². The minimum atomic E-state index is -3.91.